The summed E-state index contributed by atoms with van der Waals surface area (Å²) >= 11 is 1.48. The zero-order chi connectivity index (χ0) is 18.8. The van der Waals surface area contributed by atoms with Crippen molar-refractivity contribution < 1.29 is 14.6 Å². The maximum absolute atomic E-state index is 9.72. The third-order valence-corrected chi connectivity index (χ3v) is 5.00. The molecule has 0 radical (unpaired) electrons. The molecule has 0 aliphatic rings. The van der Waals surface area contributed by atoms with Crippen LogP contribution in [0.3, 0.4) is 0 Å². The van der Waals surface area contributed by atoms with Crippen molar-refractivity contribution in [2.75, 3.05) is 19.5 Å². The maximum Gasteiger partial charge on any atom is 0.214 e. The highest BCUT2D eigenvalue weighted by Gasteiger charge is 2.11. The van der Waals surface area contributed by atoms with E-state index < -0.39 is 0 Å². The topological polar surface area (TPSA) is 80.9 Å². The number of aromatic nitrogens is 3. The molecule has 0 saturated carbocycles. The summed E-state index contributed by atoms with van der Waals surface area (Å²) in [7, 11) is 3.17. The minimum atomic E-state index is 0.102. The van der Waals surface area contributed by atoms with Crippen molar-refractivity contribution in [2.24, 2.45) is 0 Å². The van der Waals surface area contributed by atoms with Gasteiger partial charge in [-0.1, -0.05) is 23.5 Å². The molecule has 2 heterocycles. The molecule has 8 heteroatoms. The Morgan fingerprint density at radius 1 is 1.11 bits per heavy atom. The first-order chi connectivity index (χ1) is 13.2. The summed E-state index contributed by atoms with van der Waals surface area (Å²) in [5, 5.41) is 18.4. The molecule has 2 N–H and O–H groups in total. The summed E-state index contributed by atoms with van der Waals surface area (Å²) in [6.45, 7) is 0.669. The SMILES string of the molecule is COc1ccc(CNc2nn3cc(-c4ccc(O)c(OC)c4)nc3s2)cc1. The van der Waals surface area contributed by atoms with Gasteiger partial charge in [0.1, 0.15) is 5.75 Å². The van der Waals surface area contributed by atoms with Gasteiger partial charge in [0.05, 0.1) is 26.1 Å². The number of aromatic hydroxyl groups is 1. The third-order valence-electron chi connectivity index (χ3n) is 4.12. The van der Waals surface area contributed by atoms with Crippen molar-refractivity contribution in [1.82, 2.24) is 14.6 Å². The second-order valence-electron chi connectivity index (χ2n) is 5.85. The van der Waals surface area contributed by atoms with E-state index in [1.807, 2.05) is 30.5 Å². The predicted octanol–water partition coefficient (Wildman–Crippen LogP) is 3.79. The molecule has 27 heavy (non-hydrogen) atoms. The van der Waals surface area contributed by atoms with Gasteiger partial charge in [-0.25, -0.2) is 9.50 Å². The molecule has 0 atom stereocenters. The lowest BCUT2D eigenvalue weighted by molar-refractivity contribution is 0.373. The Labute approximate surface area is 159 Å². The van der Waals surface area contributed by atoms with Gasteiger partial charge >= 0.3 is 0 Å². The number of fused-ring (bicyclic) bond motifs is 1. The largest absolute Gasteiger partial charge is 0.504 e. The Morgan fingerprint density at radius 3 is 2.63 bits per heavy atom. The fraction of sp³-hybridized carbons (Fsp3) is 0.158. The molecule has 2 aromatic carbocycles. The molecule has 0 spiro atoms. The number of rotatable bonds is 6. The lowest BCUT2D eigenvalue weighted by Crippen LogP contribution is -1.99. The zero-order valence-corrected chi connectivity index (χ0v) is 15.7. The molecule has 7 nitrogen and oxygen atoms in total. The van der Waals surface area contributed by atoms with Crippen molar-refractivity contribution in [3.05, 3.63) is 54.2 Å². The van der Waals surface area contributed by atoms with Crippen LogP contribution in [0.4, 0.5) is 5.13 Å². The van der Waals surface area contributed by atoms with E-state index in [0.29, 0.717) is 12.3 Å². The maximum atomic E-state index is 9.72. The molecular weight excluding hydrogens is 364 g/mol. The number of ether oxygens (including phenoxy) is 2. The van der Waals surface area contributed by atoms with Crippen LogP contribution >= 0.6 is 11.3 Å². The number of hydrogen-bond acceptors (Lipinski definition) is 7. The van der Waals surface area contributed by atoms with Crippen LogP contribution in [0.5, 0.6) is 17.2 Å². The molecule has 4 rings (SSSR count). The summed E-state index contributed by atoms with van der Waals surface area (Å²) in [6.07, 6.45) is 1.86. The normalized spacial score (nSPS) is 10.9. The van der Waals surface area contributed by atoms with Crippen molar-refractivity contribution in [1.29, 1.82) is 0 Å². The minimum absolute atomic E-state index is 0.102. The second-order valence-corrected chi connectivity index (χ2v) is 6.80. The van der Waals surface area contributed by atoms with Gasteiger partial charge in [0.25, 0.3) is 0 Å². The standard InChI is InChI=1S/C19H18N4O3S/c1-25-14-6-3-12(4-7-14)10-20-18-22-23-11-15(21-19(23)27-18)13-5-8-16(24)17(9-13)26-2/h3-9,11,24H,10H2,1-2H3,(H,20,22). The predicted molar refractivity (Wildman–Crippen MR) is 105 cm³/mol. The number of hydrogen-bond donors (Lipinski definition) is 2. The van der Waals surface area contributed by atoms with E-state index >= 15 is 0 Å². The quantitative estimate of drug-likeness (QED) is 0.528. The summed E-state index contributed by atoms with van der Waals surface area (Å²) in [5.74, 6) is 1.36. The highest BCUT2D eigenvalue weighted by Crippen LogP contribution is 2.32. The number of benzene rings is 2. The number of anilines is 1. The number of methoxy groups -OCH3 is 2. The Balaban J connectivity index is 1.50. The summed E-state index contributed by atoms with van der Waals surface area (Å²) < 4.78 is 12.1. The third kappa shape index (κ3) is 3.52. The molecule has 0 saturated heterocycles. The van der Waals surface area contributed by atoms with Crippen LogP contribution in [0, 0.1) is 0 Å². The van der Waals surface area contributed by atoms with Crippen LogP contribution in [0.15, 0.2) is 48.7 Å². The summed E-state index contributed by atoms with van der Waals surface area (Å²) in [5.41, 5.74) is 2.77. The summed E-state index contributed by atoms with van der Waals surface area (Å²) in [4.78, 5) is 5.40. The van der Waals surface area contributed by atoms with Crippen LogP contribution in [-0.2, 0) is 6.54 Å². The zero-order valence-electron chi connectivity index (χ0n) is 14.8. The fourth-order valence-corrected chi connectivity index (χ4v) is 3.45. The molecule has 0 fully saturated rings. The summed E-state index contributed by atoms with van der Waals surface area (Å²) in [6, 6.07) is 13.0. The average Bonchev–Trinajstić information content (AvgIpc) is 3.26. The Hall–Kier alpha value is -3.26. The van der Waals surface area contributed by atoms with Crippen LogP contribution in [0.2, 0.25) is 0 Å². The van der Waals surface area contributed by atoms with Crippen LogP contribution in [0.1, 0.15) is 5.56 Å². The van der Waals surface area contributed by atoms with Gasteiger partial charge in [0, 0.05) is 12.1 Å². The van der Waals surface area contributed by atoms with Crippen molar-refractivity contribution in [3.8, 4) is 28.5 Å². The molecule has 0 unspecified atom stereocenters. The van der Waals surface area contributed by atoms with Crippen LogP contribution in [-0.4, -0.2) is 33.9 Å². The van der Waals surface area contributed by atoms with Crippen LogP contribution < -0.4 is 14.8 Å². The van der Waals surface area contributed by atoms with E-state index in [1.54, 1.807) is 29.8 Å². The number of nitrogens with zero attached hydrogens (tertiary/aromatic N) is 3. The van der Waals surface area contributed by atoms with Gasteiger partial charge < -0.3 is 19.9 Å². The van der Waals surface area contributed by atoms with Gasteiger partial charge in [0.15, 0.2) is 11.5 Å². The van der Waals surface area contributed by atoms with Gasteiger partial charge in [-0.05, 0) is 35.9 Å². The number of imidazole rings is 1. The van der Waals surface area contributed by atoms with Gasteiger partial charge in [-0.15, -0.1) is 5.10 Å². The monoisotopic (exact) mass is 382 g/mol. The Bertz CT molecular complexity index is 1040. The van der Waals surface area contributed by atoms with E-state index in [-0.39, 0.29) is 5.75 Å². The fourth-order valence-electron chi connectivity index (χ4n) is 2.67. The highest BCUT2D eigenvalue weighted by molar-refractivity contribution is 7.20. The number of nitrogens with one attached hydrogen (secondary N) is 1. The average molecular weight is 382 g/mol. The Kier molecular flexibility index (Phi) is 4.55. The molecule has 0 amide bonds. The molecular formula is C19H18N4O3S. The smallest absolute Gasteiger partial charge is 0.214 e. The van der Waals surface area contributed by atoms with Crippen molar-refractivity contribution in [2.45, 2.75) is 6.54 Å². The first-order valence-electron chi connectivity index (χ1n) is 8.26. The molecule has 0 bridgehead atoms. The van der Waals surface area contributed by atoms with E-state index in [0.717, 1.165) is 32.7 Å². The lowest BCUT2D eigenvalue weighted by Gasteiger charge is -2.04. The van der Waals surface area contributed by atoms with Crippen molar-refractivity contribution >= 4 is 21.4 Å². The first-order valence-corrected chi connectivity index (χ1v) is 9.08. The molecule has 0 aliphatic carbocycles. The number of phenolic OH excluding ortho intramolecular Hbond substituents is 1. The minimum Gasteiger partial charge on any atom is -0.504 e. The van der Waals surface area contributed by atoms with Gasteiger partial charge in [0.2, 0.25) is 10.1 Å². The van der Waals surface area contributed by atoms with Gasteiger partial charge in [-0.3, -0.25) is 0 Å². The van der Waals surface area contributed by atoms with Crippen molar-refractivity contribution in [3.63, 3.8) is 0 Å². The van der Waals surface area contributed by atoms with Crippen LogP contribution in [0.25, 0.3) is 16.2 Å². The second kappa shape index (κ2) is 7.16. The molecule has 138 valence electrons. The highest BCUT2D eigenvalue weighted by atomic mass is 32.1. The molecule has 2 aromatic heterocycles. The Morgan fingerprint density at radius 2 is 1.93 bits per heavy atom. The first kappa shape index (κ1) is 17.2. The van der Waals surface area contributed by atoms with E-state index in [1.165, 1.54) is 18.4 Å². The van der Waals surface area contributed by atoms with E-state index in [9.17, 15) is 5.11 Å². The van der Waals surface area contributed by atoms with Gasteiger partial charge in [-0.2, -0.15) is 0 Å². The molecule has 4 aromatic rings. The lowest BCUT2D eigenvalue weighted by atomic mass is 10.1. The molecule has 0 aliphatic heterocycles. The number of phenols is 1. The van der Waals surface area contributed by atoms with E-state index in [2.05, 4.69) is 15.4 Å². The van der Waals surface area contributed by atoms with E-state index in [4.69, 9.17) is 9.47 Å².